The molecule has 0 aliphatic heterocycles. The molecule has 2 rings (SSSR count). The van der Waals surface area contributed by atoms with Gasteiger partial charge in [-0.15, -0.1) is 10.2 Å². The molecular formula is C12H14ClN5OS2. The normalized spacial score (nSPS) is 10.6. The molecule has 0 unspecified atom stereocenters. The van der Waals surface area contributed by atoms with E-state index >= 15 is 0 Å². The van der Waals surface area contributed by atoms with E-state index in [1.54, 1.807) is 0 Å². The van der Waals surface area contributed by atoms with Crippen molar-refractivity contribution in [2.24, 2.45) is 0 Å². The monoisotopic (exact) mass is 343 g/mol. The number of halogens is 1. The molecule has 0 fully saturated rings. The predicted octanol–water partition coefficient (Wildman–Crippen LogP) is 3.30. The van der Waals surface area contributed by atoms with Crippen LogP contribution in [0.1, 0.15) is 35.8 Å². The van der Waals surface area contributed by atoms with Gasteiger partial charge in [0.05, 0.1) is 11.2 Å². The number of carbonyl (C=O) groups excluding carboxylic acids is 1. The Morgan fingerprint density at radius 1 is 1.43 bits per heavy atom. The van der Waals surface area contributed by atoms with Gasteiger partial charge in [0.15, 0.2) is 10.9 Å². The van der Waals surface area contributed by atoms with E-state index in [0.29, 0.717) is 10.3 Å². The van der Waals surface area contributed by atoms with E-state index in [9.17, 15) is 4.79 Å². The lowest BCUT2D eigenvalue weighted by atomic mass is 10.4. The highest BCUT2D eigenvalue weighted by Crippen LogP contribution is 2.21. The molecule has 6 nitrogen and oxygen atoms in total. The maximum Gasteiger partial charge on any atom is 0.277 e. The fourth-order valence-electron chi connectivity index (χ4n) is 1.38. The number of carbonyl (C=O) groups is 1. The van der Waals surface area contributed by atoms with Gasteiger partial charge in [-0.05, 0) is 12.8 Å². The smallest absolute Gasteiger partial charge is 0.277 e. The quantitative estimate of drug-likeness (QED) is 0.640. The summed E-state index contributed by atoms with van der Waals surface area (Å²) in [4.78, 5) is 20.5. The number of anilines is 1. The molecule has 0 aliphatic rings. The molecule has 112 valence electrons. The minimum Gasteiger partial charge on any atom is -0.295 e. The molecule has 1 amide bonds. The summed E-state index contributed by atoms with van der Waals surface area (Å²) in [7, 11) is 0. The number of nitrogens with one attached hydrogen (secondary N) is 1. The number of aromatic nitrogens is 4. The van der Waals surface area contributed by atoms with Crippen LogP contribution < -0.4 is 5.32 Å². The molecule has 2 heterocycles. The van der Waals surface area contributed by atoms with Crippen LogP contribution in [0.3, 0.4) is 0 Å². The van der Waals surface area contributed by atoms with Crippen molar-refractivity contribution in [2.45, 2.75) is 31.8 Å². The average Bonchev–Trinajstić information content (AvgIpc) is 2.94. The Bertz CT molecular complexity index is 634. The summed E-state index contributed by atoms with van der Waals surface area (Å²) >= 11 is 8.82. The molecule has 1 N–H and O–H groups in total. The van der Waals surface area contributed by atoms with Gasteiger partial charge in [0.2, 0.25) is 5.13 Å². The van der Waals surface area contributed by atoms with E-state index in [-0.39, 0.29) is 10.7 Å². The summed E-state index contributed by atoms with van der Waals surface area (Å²) in [5, 5.41) is 12.6. The zero-order chi connectivity index (χ0) is 15.2. The van der Waals surface area contributed by atoms with Gasteiger partial charge in [-0.3, -0.25) is 10.1 Å². The highest BCUT2D eigenvalue weighted by atomic mass is 35.5. The molecule has 0 radical (unpaired) electrons. The molecule has 0 aromatic carbocycles. The van der Waals surface area contributed by atoms with Crippen LogP contribution in [0.4, 0.5) is 5.13 Å². The molecular weight excluding hydrogens is 330 g/mol. The van der Waals surface area contributed by atoms with Crippen molar-refractivity contribution in [3.63, 3.8) is 0 Å². The minimum atomic E-state index is -0.403. The Balaban J connectivity index is 2.13. The fraction of sp³-hybridized carbons (Fsp3) is 0.417. The van der Waals surface area contributed by atoms with Gasteiger partial charge >= 0.3 is 0 Å². The second-order valence-electron chi connectivity index (χ2n) is 4.01. The Morgan fingerprint density at radius 3 is 2.90 bits per heavy atom. The van der Waals surface area contributed by atoms with Crippen LogP contribution >= 0.6 is 34.7 Å². The average molecular weight is 344 g/mol. The van der Waals surface area contributed by atoms with Crippen LogP contribution in [0.2, 0.25) is 5.02 Å². The Kier molecular flexibility index (Phi) is 5.89. The van der Waals surface area contributed by atoms with E-state index in [0.717, 1.165) is 23.6 Å². The maximum absolute atomic E-state index is 12.2. The fourth-order valence-corrected chi connectivity index (χ4v) is 2.90. The van der Waals surface area contributed by atoms with Crippen molar-refractivity contribution >= 4 is 45.7 Å². The van der Waals surface area contributed by atoms with Gasteiger partial charge in [-0.2, -0.15) is 0 Å². The number of rotatable bonds is 6. The first-order chi connectivity index (χ1) is 10.1. The number of hydrogen-bond acceptors (Lipinski definition) is 7. The molecule has 0 bridgehead atoms. The van der Waals surface area contributed by atoms with Gasteiger partial charge in [-0.1, -0.05) is 48.5 Å². The molecule has 2 aromatic heterocycles. The highest BCUT2D eigenvalue weighted by molar-refractivity contribution is 7.99. The molecule has 0 saturated heterocycles. The molecule has 0 atom stereocenters. The number of hydrogen-bond donors (Lipinski definition) is 1. The second kappa shape index (κ2) is 7.67. The van der Waals surface area contributed by atoms with Crippen molar-refractivity contribution in [3.8, 4) is 0 Å². The van der Waals surface area contributed by atoms with Crippen LogP contribution in [0.25, 0.3) is 0 Å². The maximum atomic E-state index is 12.2. The van der Waals surface area contributed by atoms with Gasteiger partial charge in [0.1, 0.15) is 5.01 Å². The van der Waals surface area contributed by atoms with E-state index < -0.39 is 5.91 Å². The van der Waals surface area contributed by atoms with Crippen LogP contribution in [0.15, 0.2) is 11.4 Å². The summed E-state index contributed by atoms with van der Waals surface area (Å²) in [5.41, 5.74) is 0.151. The molecule has 9 heteroatoms. The lowest BCUT2D eigenvalue weighted by Crippen LogP contribution is -2.15. The van der Waals surface area contributed by atoms with E-state index in [1.165, 1.54) is 29.3 Å². The molecule has 0 saturated carbocycles. The molecule has 0 aliphatic carbocycles. The van der Waals surface area contributed by atoms with Gasteiger partial charge < -0.3 is 0 Å². The topological polar surface area (TPSA) is 80.7 Å². The van der Waals surface area contributed by atoms with Crippen molar-refractivity contribution in [3.05, 3.63) is 21.9 Å². The zero-order valence-corrected chi connectivity index (χ0v) is 14.0. The summed E-state index contributed by atoms with van der Waals surface area (Å²) in [6, 6.07) is 0. The third-order valence-corrected chi connectivity index (χ3v) is 4.69. The van der Waals surface area contributed by atoms with E-state index in [1.807, 2.05) is 6.92 Å². The standard InChI is InChI=1S/C12H14ClN5OS2/c1-3-5-20-11-14-6-7(13)9(15-11)10(19)16-12-18-17-8(4-2)21-12/h6H,3-5H2,1-2H3,(H,16,18,19). The number of thioether (sulfide) groups is 1. The zero-order valence-electron chi connectivity index (χ0n) is 11.6. The second-order valence-corrected chi connectivity index (χ2v) is 6.54. The molecule has 0 spiro atoms. The molecule has 2 aromatic rings. The summed E-state index contributed by atoms with van der Waals surface area (Å²) in [6.07, 6.45) is 3.22. The minimum absolute atomic E-state index is 0.151. The highest BCUT2D eigenvalue weighted by Gasteiger charge is 2.16. The van der Waals surface area contributed by atoms with Gasteiger partial charge in [0, 0.05) is 5.75 Å². The number of aryl methyl sites for hydroxylation is 1. The predicted molar refractivity (Wildman–Crippen MR) is 85.3 cm³/mol. The number of nitrogens with zero attached hydrogens (tertiary/aromatic N) is 4. The first-order valence-corrected chi connectivity index (χ1v) is 8.61. The first-order valence-electron chi connectivity index (χ1n) is 6.43. The Morgan fingerprint density at radius 2 is 2.24 bits per heavy atom. The first kappa shape index (κ1) is 16.1. The lowest BCUT2D eigenvalue weighted by molar-refractivity contribution is 0.102. The van der Waals surface area contributed by atoms with Crippen LogP contribution in [0.5, 0.6) is 0 Å². The molecule has 21 heavy (non-hydrogen) atoms. The Labute approximate surface area is 135 Å². The summed E-state index contributed by atoms with van der Waals surface area (Å²) in [6.45, 7) is 4.04. The summed E-state index contributed by atoms with van der Waals surface area (Å²) in [5.74, 6) is 0.485. The largest absolute Gasteiger partial charge is 0.295 e. The third-order valence-electron chi connectivity index (χ3n) is 2.36. The van der Waals surface area contributed by atoms with Crippen LogP contribution in [-0.2, 0) is 6.42 Å². The van der Waals surface area contributed by atoms with Crippen molar-refractivity contribution in [1.29, 1.82) is 0 Å². The van der Waals surface area contributed by atoms with Crippen LogP contribution in [0, 0.1) is 0 Å². The Hall–Kier alpha value is -1.25. The third kappa shape index (κ3) is 4.36. The van der Waals surface area contributed by atoms with Gasteiger partial charge in [0.25, 0.3) is 5.91 Å². The van der Waals surface area contributed by atoms with Gasteiger partial charge in [-0.25, -0.2) is 9.97 Å². The summed E-state index contributed by atoms with van der Waals surface area (Å²) < 4.78 is 0. The van der Waals surface area contributed by atoms with Crippen molar-refractivity contribution < 1.29 is 4.79 Å². The van der Waals surface area contributed by atoms with E-state index in [4.69, 9.17) is 11.6 Å². The van der Waals surface area contributed by atoms with Crippen molar-refractivity contribution in [1.82, 2.24) is 20.2 Å². The SMILES string of the molecule is CCCSc1ncc(Cl)c(C(=O)Nc2nnc(CC)s2)n1. The van der Waals surface area contributed by atoms with Crippen LogP contribution in [-0.4, -0.2) is 31.8 Å². The lowest BCUT2D eigenvalue weighted by Gasteiger charge is -2.04. The van der Waals surface area contributed by atoms with E-state index in [2.05, 4.69) is 32.4 Å². The van der Waals surface area contributed by atoms with Crippen molar-refractivity contribution in [2.75, 3.05) is 11.1 Å². The number of amides is 1.